The van der Waals surface area contributed by atoms with Gasteiger partial charge in [0, 0.05) is 23.6 Å². The van der Waals surface area contributed by atoms with E-state index in [1.807, 2.05) is 25.1 Å². The third kappa shape index (κ3) is 2.10. The molecule has 0 unspecified atom stereocenters. The highest BCUT2D eigenvalue weighted by molar-refractivity contribution is 9.10. The predicted octanol–water partition coefficient (Wildman–Crippen LogP) is 2.96. The van der Waals surface area contributed by atoms with Crippen LogP contribution in [0.3, 0.4) is 0 Å². The Labute approximate surface area is 124 Å². The fourth-order valence-corrected chi connectivity index (χ4v) is 3.17. The minimum absolute atomic E-state index is 0.0130. The second-order valence-corrected chi connectivity index (χ2v) is 5.66. The lowest BCUT2D eigenvalue weighted by Crippen LogP contribution is -2.23. The summed E-state index contributed by atoms with van der Waals surface area (Å²) in [7, 11) is 1.63. The second-order valence-electron chi connectivity index (χ2n) is 4.81. The van der Waals surface area contributed by atoms with Crippen LogP contribution < -0.4 is 10.1 Å². The van der Waals surface area contributed by atoms with Crippen LogP contribution in [0.4, 0.5) is 5.82 Å². The van der Waals surface area contributed by atoms with Gasteiger partial charge in [-0.15, -0.1) is 0 Å². The molecule has 1 aromatic carbocycles. The number of halogens is 1. The molecule has 1 amide bonds. The van der Waals surface area contributed by atoms with E-state index in [4.69, 9.17) is 4.74 Å². The Morgan fingerprint density at radius 3 is 2.95 bits per heavy atom. The zero-order valence-electron chi connectivity index (χ0n) is 11.2. The SMILES string of the molecule is COc1ccc([C@@H]2CC(=O)Nc3n[nH]c(C)c32)cc1Br. The van der Waals surface area contributed by atoms with Crippen molar-refractivity contribution < 1.29 is 9.53 Å². The van der Waals surface area contributed by atoms with Crippen molar-refractivity contribution in [1.82, 2.24) is 10.2 Å². The van der Waals surface area contributed by atoms with E-state index in [2.05, 4.69) is 31.4 Å². The van der Waals surface area contributed by atoms with Crippen molar-refractivity contribution in [3.05, 3.63) is 39.5 Å². The average molecular weight is 336 g/mol. The average Bonchev–Trinajstić information content (AvgIpc) is 2.79. The number of amides is 1. The number of fused-ring (bicyclic) bond motifs is 1. The van der Waals surface area contributed by atoms with Crippen molar-refractivity contribution in [2.45, 2.75) is 19.3 Å². The molecule has 2 aromatic rings. The maximum Gasteiger partial charge on any atom is 0.226 e. The van der Waals surface area contributed by atoms with Gasteiger partial charge in [-0.3, -0.25) is 9.89 Å². The molecule has 0 fully saturated rings. The number of aryl methyl sites for hydroxylation is 1. The number of methoxy groups -OCH3 is 1. The maximum absolute atomic E-state index is 11.8. The summed E-state index contributed by atoms with van der Waals surface area (Å²) in [5.41, 5.74) is 3.11. The summed E-state index contributed by atoms with van der Waals surface area (Å²) < 4.78 is 6.12. The quantitative estimate of drug-likeness (QED) is 0.886. The van der Waals surface area contributed by atoms with Crippen LogP contribution in [-0.2, 0) is 4.79 Å². The Hall–Kier alpha value is -1.82. The molecule has 5 nitrogen and oxygen atoms in total. The van der Waals surface area contributed by atoms with Gasteiger partial charge in [0.2, 0.25) is 5.91 Å². The van der Waals surface area contributed by atoms with Crippen LogP contribution in [0, 0.1) is 6.92 Å². The van der Waals surface area contributed by atoms with Crippen molar-refractivity contribution in [2.24, 2.45) is 0 Å². The Morgan fingerprint density at radius 2 is 2.25 bits per heavy atom. The number of nitrogens with one attached hydrogen (secondary N) is 2. The zero-order chi connectivity index (χ0) is 14.3. The smallest absolute Gasteiger partial charge is 0.226 e. The van der Waals surface area contributed by atoms with Gasteiger partial charge in [0.05, 0.1) is 11.6 Å². The summed E-state index contributed by atoms with van der Waals surface area (Å²) in [6, 6.07) is 5.89. The van der Waals surface area contributed by atoms with Crippen molar-refractivity contribution in [3.8, 4) is 5.75 Å². The number of benzene rings is 1. The summed E-state index contributed by atoms with van der Waals surface area (Å²) in [4.78, 5) is 11.8. The first-order chi connectivity index (χ1) is 9.60. The molecule has 104 valence electrons. The Morgan fingerprint density at radius 1 is 1.45 bits per heavy atom. The van der Waals surface area contributed by atoms with Gasteiger partial charge < -0.3 is 10.1 Å². The third-order valence-corrected chi connectivity index (χ3v) is 4.19. The van der Waals surface area contributed by atoms with Crippen LogP contribution in [0.15, 0.2) is 22.7 Å². The Bertz CT molecular complexity index is 681. The van der Waals surface area contributed by atoms with Gasteiger partial charge in [-0.2, -0.15) is 5.10 Å². The van der Waals surface area contributed by atoms with Crippen molar-refractivity contribution in [3.63, 3.8) is 0 Å². The molecule has 1 atom stereocenters. The Kier molecular flexibility index (Phi) is 3.25. The molecule has 3 rings (SSSR count). The molecule has 20 heavy (non-hydrogen) atoms. The van der Waals surface area contributed by atoms with Gasteiger partial charge in [-0.1, -0.05) is 6.07 Å². The number of aromatic nitrogens is 2. The van der Waals surface area contributed by atoms with Crippen molar-refractivity contribution >= 4 is 27.7 Å². The number of anilines is 1. The highest BCUT2D eigenvalue weighted by atomic mass is 79.9. The molecule has 1 aliphatic rings. The van der Waals surface area contributed by atoms with E-state index < -0.39 is 0 Å². The van der Waals surface area contributed by atoms with E-state index in [9.17, 15) is 4.79 Å². The molecular formula is C14H14BrN3O2. The van der Waals surface area contributed by atoms with Gasteiger partial charge in [-0.25, -0.2) is 0 Å². The largest absolute Gasteiger partial charge is 0.496 e. The molecule has 1 aromatic heterocycles. The number of aromatic amines is 1. The molecule has 6 heteroatoms. The first-order valence-corrected chi connectivity index (χ1v) is 7.07. The van der Waals surface area contributed by atoms with Crippen molar-refractivity contribution in [1.29, 1.82) is 0 Å². The Balaban J connectivity index is 2.08. The van der Waals surface area contributed by atoms with E-state index in [-0.39, 0.29) is 11.8 Å². The molecule has 0 saturated carbocycles. The third-order valence-electron chi connectivity index (χ3n) is 3.57. The topological polar surface area (TPSA) is 67.0 Å². The van der Waals surface area contributed by atoms with Crippen LogP contribution in [0.5, 0.6) is 5.75 Å². The van der Waals surface area contributed by atoms with Gasteiger partial charge in [-0.05, 0) is 40.5 Å². The van der Waals surface area contributed by atoms with Gasteiger partial charge >= 0.3 is 0 Å². The number of carbonyl (C=O) groups excluding carboxylic acids is 1. The van der Waals surface area contributed by atoms with E-state index in [0.29, 0.717) is 12.2 Å². The standard InChI is InChI=1S/C14H14BrN3O2/c1-7-13-9(6-12(19)16-14(13)18-17-7)8-3-4-11(20-2)10(15)5-8/h3-5,9H,6H2,1-2H3,(H2,16,17,18,19)/t9-/m0/s1. The van der Waals surface area contributed by atoms with Crippen LogP contribution in [-0.4, -0.2) is 23.2 Å². The molecular weight excluding hydrogens is 322 g/mol. The molecule has 1 aliphatic heterocycles. The molecule has 0 spiro atoms. The van der Waals surface area contributed by atoms with Gasteiger partial charge in [0.1, 0.15) is 5.75 Å². The molecule has 0 aliphatic carbocycles. The fraction of sp³-hybridized carbons (Fsp3) is 0.286. The molecule has 0 saturated heterocycles. The number of ether oxygens (including phenoxy) is 1. The summed E-state index contributed by atoms with van der Waals surface area (Å²) in [5, 5.41) is 9.88. The summed E-state index contributed by atoms with van der Waals surface area (Å²) in [6.45, 7) is 1.97. The lowest BCUT2D eigenvalue weighted by molar-refractivity contribution is -0.116. The normalized spacial score (nSPS) is 17.6. The van der Waals surface area contributed by atoms with Crippen LogP contribution in [0.2, 0.25) is 0 Å². The summed E-state index contributed by atoms with van der Waals surface area (Å²) in [5.74, 6) is 1.41. The minimum atomic E-state index is -0.0130. The van der Waals surface area contributed by atoms with Crippen LogP contribution in [0.1, 0.15) is 29.2 Å². The van der Waals surface area contributed by atoms with E-state index in [1.165, 1.54) is 0 Å². The monoisotopic (exact) mass is 335 g/mol. The summed E-state index contributed by atoms with van der Waals surface area (Å²) >= 11 is 3.49. The number of carbonyl (C=O) groups is 1. The summed E-state index contributed by atoms with van der Waals surface area (Å²) in [6.07, 6.45) is 0.423. The van der Waals surface area contributed by atoms with E-state index >= 15 is 0 Å². The molecule has 2 heterocycles. The highest BCUT2D eigenvalue weighted by Gasteiger charge is 2.30. The fourth-order valence-electron chi connectivity index (χ4n) is 2.61. The predicted molar refractivity (Wildman–Crippen MR) is 79.1 cm³/mol. The lowest BCUT2D eigenvalue weighted by Gasteiger charge is -2.23. The highest BCUT2D eigenvalue weighted by Crippen LogP contribution is 2.39. The second kappa shape index (κ2) is 4.94. The minimum Gasteiger partial charge on any atom is -0.496 e. The number of rotatable bonds is 2. The molecule has 2 N–H and O–H groups in total. The molecule has 0 bridgehead atoms. The van der Waals surface area contributed by atoms with Crippen LogP contribution >= 0.6 is 15.9 Å². The number of hydrogen-bond acceptors (Lipinski definition) is 3. The van der Waals surface area contributed by atoms with Gasteiger partial charge in [0.25, 0.3) is 0 Å². The number of hydrogen-bond donors (Lipinski definition) is 2. The van der Waals surface area contributed by atoms with E-state index in [1.54, 1.807) is 7.11 Å². The lowest BCUT2D eigenvalue weighted by atomic mass is 9.86. The number of nitrogens with zero attached hydrogens (tertiary/aromatic N) is 1. The van der Waals surface area contributed by atoms with Crippen molar-refractivity contribution in [2.75, 3.05) is 12.4 Å². The van der Waals surface area contributed by atoms with E-state index in [0.717, 1.165) is 27.0 Å². The molecule has 0 radical (unpaired) electrons. The number of H-pyrrole nitrogens is 1. The maximum atomic E-state index is 11.8. The van der Waals surface area contributed by atoms with Gasteiger partial charge in [0.15, 0.2) is 5.82 Å². The zero-order valence-corrected chi connectivity index (χ0v) is 12.7. The first-order valence-electron chi connectivity index (χ1n) is 6.28. The first kappa shape index (κ1) is 13.2. The van der Waals surface area contributed by atoms with Crippen LogP contribution in [0.25, 0.3) is 0 Å².